The molecule has 0 heterocycles. The number of carboxylic acids is 1. The van der Waals surface area contributed by atoms with Gasteiger partial charge in [-0.2, -0.15) is 0 Å². The molecular weight excluding hydrogens is 340 g/mol. The van der Waals surface area contributed by atoms with Gasteiger partial charge in [-0.3, -0.25) is 14.3 Å². The molecule has 1 aromatic carbocycles. The van der Waals surface area contributed by atoms with Gasteiger partial charge in [-0.25, -0.2) is 8.42 Å². The number of hydrogen-bond donors (Lipinski definition) is 3. The first-order valence-corrected chi connectivity index (χ1v) is 8.81. The lowest BCUT2D eigenvalue weighted by atomic mass is 10.1. The highest BCUT2D eigenvalue weighted by Gasteiger charge is 2.18. The van der Waals surface area contributed by atoms with Crippen LogP contribution in [0.2, 0.25) is 0 Å². The molecule has 0 aliphatic carbocycles. The number of aliphatic carboxylic acids is 1. The largest absolute Gasteiger partial charge is 0.493 e. The maximum atomic E-state index is 12.1. The molecular formula is C14H20N2O7S. The second-order valence-electron chi connectivity index (χ2n) is 4.89. The molecule has 0 fully saturated rings. The second-order valence-corrected chi connectivity index (χ2v) is 6.64. The summed E-state index contributed by atoms with van der Waals surface area (Å²) in [7, 11) is -0.888. The van der Waals surface area contributed by atoms with Gasteiger partial charge >= 0.3 is 5.97 Å². The van der Waals surface area contributed by atoms with Crippen LogP contribution in [0.25, 0.3) is 0 Å². The molecule has 0 spiro atoms. The van der Waals surface area contributed by atoms with Gasteiger partial charge in [0.1, 0.15) is 0 Å². The van der Waals surface area contributed by atoms with Crippen LogP contribution in [0.3, 0.4) is 0 Å². The van der Waals surface area contributed by atoms with Gasteiger partial charge in [-0.05, 0) is 18.6 Å². The molecule has 9 nitrogen and oxygen atoms in total. The first-order chi connectivity index (χ1) is 11.2. The Morgan fingerprint density at radius 1 is 1.21 bits per heavy atom. The summed E-state index contributed by atoms with van der Waals surface area (Å²) >= 11 is 0. The molecule has 1 aromatic rings. The van der Waals surface area contributed by atoms with E-state index in [4.69, 9.17) is 14.6 Å². The first kappa shape index (κ1) is 19.6. The van der Waals surface area contributed by atoms with Gasteiger partial charge in [0.15, 0.2) is 11.5 Å². The first-order valence-electron chi connectivity index (χ1n) is 6.91. The van der Waals surface area contributed by atoms with Crippen LogP contribution in [0.15, 0.2) is 12.1 Å². The summed E-state index contributed by atoms with van der Waals surface area (Å²) in [5.41, 5.74) is 0.212. The third kappa shape index (κ3) is 5.95. The molecule has 134 valence electrons. The third-order valence-corrected chi connectivity index (χ3v) is 3.48. The molecule has 0 radical (unpaired) electrons. The Bertz CT molecular complexity index is 716. The van der Waals surface area contributed by atoms with Crippen LogP contribution in [0.1, 0.15) is 23.2 Å². The highest BCUT2D eigenvalue weighted by atomic mass is 32.2. The van der Waals surface area contributed by atoms with E-state index in [-0.39, 0.29) is 42.1 Å². The second kappa shape index (κ2) is 8.39. The Hall–Kier alpha value is -2.49. The summed E-state index contributed by atoms with van der Waals surface area (Å²) in [6.45, 7) is 0.175. The topological polar surface area (TPSA) is 131 Å². The average Bonchev–Trinajstić information content (AvgIpc) is 2.48. The lowest BCUT2D eigenvalue weighted by molar-refractivity contribution is -0.137. The summed E-state index contributed by atoms with van der Waals surface area (Å²) in [6, 6.07) is 2.72. The molecule has 0 saturated carbocycles. The molecule has 0 bridgehead atoms. The normalized spacial score (nSPS) is 10.8. The monoisotopic (exact) mass is 360 g/mol. The Labute approximate surface area is 140 Å². The van der Waals surface area contributed by atoms with Crippen molar-refractivity contribution in [1.82, 2.24) is 5.32 Å². The van der Waals surface area contributed by atoms with E-state index in [1.807, 2.05) is 0 Å². The van der Waals surface area contributed by atoms with Gasteiger partial charge in [0, 0.05) is 18.5 Å². The lowest BCUT2D eigenvalue weighted by Gasteiger charge is -2.15. The molecule has 0 aromatic heterocycles. The van der Waals surface area contributed by atoms with E-state index in [0.717, 1.165) is 6.26 Å². The standard InChI is InChI=1S/C14H20N2O7S/c1-22-11-8-9(14(19)15-6-4-5-12(17)18)7-10(13(11)23-2)16-24(3,20)21/h7-8,16H,4-6H2,1-3H3,(H,15,19)(H,17,18). The Morgan fingerprint density at radius 2 is 1.88 bits per heavy atom. The molecule has 10 heteroatoms. The van der Waals surface area contributed by atoms with Gasteiger partial charge in [0.05, 0.1) is 26.2 Å². The van der Waals surface area contributed by atoms with E-state index in [2.05, 4.69) is 10.0 Å². The molecule has 24 heavy (non-hydrogen) atoms. The van der Waals surface area contributed by atoms with Crippen molar-refractivity contribution in [2.75, 3.05) is 31.7 Å². The van der Waals surface area contributed by atoms with Crippen molar-refractivity contribution in [3.8, 4) is 11.5 Å². The molecule has 0 aliphatic heterocycles. The van der Waals surface area contributed by atoms with Crippen molar-refractivity contribution in [2.45, 2.75) is 12.8 Å². The molecule has 3 N–H and O–H groups in total. The smallest absolute Gasteiger partial charge is 0.303 e. The molecule has 0 unspecified atom stereocenters. The molecule has 0 aliphatic rings. The molecule has 1 amide bonds. The Morgan fingerprint density at radius 3 is 2.38 bits per heavy atom. The number of carbonyl (C=O) groups is 2. The fourth-order valence-electron chi connectivity index (χ4n) is 1.91. The summed E-state index contributed by atoms with van der Waals surface area (Å²) in [6.07, 6.45) is 1.19. The quantitative estimate of drug-likeness (QED) is 0.552. The summed E-state index contributed by atoms with van der Waals surface area (Å²) in [5, 5.41) is 11.1. The van der Waals surface area contributed by atoms with Crippen LogP contribution in [-0.4, -0.2) is 52.4 Å². The third-order valence-electron chi connectivity index (χ3n) is 2.89. The maximum Gasteiger partial charge on any atom is 0.303 e. The number of amides is 1. The number of hydrogen-bond acceptors (Lipinski definition) is 6. The highest BCUT2D eigenvalue weighted by molar-refractivity contribution is 7.92. The number of nitrogens with one attached hydrogen (secondary N) is 2. The van der Waals surface area contributed by atoms with Crippen LogP contribution in [-0.2, 0) is 14.8 Å². The Balaban J connectivity index is 3.04. The van der Waals surface area contributed by atoms with Gasteiger partial charge in [-0.1, -0.05) is 0 Å². The minimum absolute atomic E-state index is 0.0624. The zero-order valence-electron chi connectivity index (χ0n) is 13.6. The van der Waals surface area contributed by atoms with Gasteiger partial charge < -0.3 is 19.9 Å². The number of carboxylic acid groups (broad SMARTS) is 1. The predicted octanol–water partition coefficient (Wildman–Crippen LogP) is 0.670. The minimum Gasteiger partial charge on any atom is -0.493 e. The van der Waals surface area contributed by atoms with Gasteiger partial charge in [0.25, 0.3) is 5.91 Å². The van der Waals surface area contributed by atoms with Gasteiger partial charge in [0.2, 0.25) is 10.0 Å². The number of anilines is 1. The van der Waals surface area contributed by atoms with Crippen molar-refractivity contribution in [3.05, 3.63) is 17.7 Å². The maximum absolute atomic E-state index is 12.1. The number of methoxy groups -OCH3 is 2. The summed E-state index contributed by atoms with van der Waals surface area (Å²) < 4.78 is 35.4. The van der Waals surface area contributed by atoms with Crippen LogP contribution < -0.4 is 19.5 Å². The minimum atomic E-state index is -3.59. The van der Waals surface area contributed by atoms with E-state index in [9.17, 15) is 18.0 Å². The van der Waals surface area contributed by atoms with E-state index in [1.54, 1.807) is 0 Å². The van der Waals surface area contributed by atoms with Crippen LogP contribution >= 0.6 is 0 Å². The van der Waals surface area contributed by atoms with E-state index < -0.39 is 21.9 Å². The molecule has 0 atom stereocenters. The van der Waals surface area contributed by atoms with Crippen molar-refractivity contribution in [1.29, 1.82) is 0 Å². The zero-order chi connectivity index (χ0) is 18.3. The number of rotatable bonds is 9. The van der Waals surface area contributed by atoms with Crippen LogP contribution in [0.4, 0.5) is 5.69 Å². The number of ether oxygens (including phenoxy) is 2. The summed E-state index contributed by atoms with van der Waals surface area (Å²) in [5.74, 6) is -1.11. The fraction of sp³-hybridized carbons (Fsp3) is 0.429. The van der Waals surface area contributed by atoms with Crippen molar-refractivity contribution in [2.24, 2.45) is 0 Å². The van der Waals surface area contributed by atoms with Crippen molar-refractivity contribution < 1.29 is 32.6 Å². The Kier molecular flexibility index (Phi) is 6.83. The fourth-order valence-corrected chi connectivity index (χ4v) is 2.47. The van der Waals surface area contributed by atoms with Crippen LogP contribution in [0, 0.1) is 0 Å². The molecule has 1 rings (SSSR count). The van der Waals surface area contributed by atoms with Gasteiger partial charge in [-0.15, -0.1) is 0 Å². The zero-order valence-corrected chi connectivity index (χ0v) is 14.4. The highest BCUT2D eigenvalue weighted by Crippen LogP contribution is 2.37. The van der Waals surface area contributed by atoms with E-state index in [0.29, 0.717) is 0 Å². The average molecular weight is 360 g/mol. The van der Waals surface area contributed by atoms with E-state index in [1.165, 1.54) is 26.4 Å². The molecule has 0 saturated heterocycles. The lowest BCUT2D eigenvalue weighted by Crippen LogP contribution is -2.25. The SMILES string of the molecule is COc1cc(C(=O)NCCCC(=O)O)cc(NS(C)(=O)=O)c1OC. The van der Waals surface area contributed by atoms with E-state index >= 15 is 0 Å². The number of sulfonamides is 1. The number of benzene rings is 1. The van der Waals surface area contributed by atoms with Crippen molar-refractivity contribution >= 4 is 27.6 Å². The van der Waals surface area contributed by atoms with Crippen molar-refractivity contribution in [3.63, 3.8) is 0 Å². The number of carbonyl (C=O) groups excluding carboxylic acids is 1. The van der Waals surface area contributed by atoms with Crippen LogP contribution in [0.5, 0.6) is 11.5 Å². The summed E-state index contributed by atoms with van der Waals surface area (Å²) in [4.78, 5) is 22.6. The predicted molar refractivity (Wildman–Crippen MR) is 87.2 cm³/mol.